The van der Waals surface area contributed by atoms with E-state index in [9.17, 15) is 0 Å². The first kappa shape index (κ1) is 11.4. The number of nitrogens with zero attached hydrogens (tertiary/aromatic N) is 4. The van der Waals surface area contributed by atoms with Gasteiger partial charge in [-0.1, -0.05) is 0 Å². The Morgan fingerprint density at radius 3 is 3.00 bits per heavy atom. The Bertz CT molecular complexity index is 576. The van der Waals surface area contributed by atoms with Crippen LogP contribution in [0.15, 0.2) is 18.5 Å². The molecule has 2 aromatic heterocycles. The molecule has 0 aliphatic carbocycles. The van der Waals surface area contributed by atoms with E-state index in [-0.39, 0.29) is 0 Å². The van der Waals surface area contributed by atoms with Crippen molar-refractivity contribution in [2.45, 2.75) is 20.8 Å². The summed E-state index contributed by atoms with van der Waals surface area (Å²) in [5, 5.41) is 16.5. The minimum absolute atomic E-state index is 0.413. The van der Waals surface area contributed by atoms with Crippen LogP contribution in [0.25, 0.3) is 5.52 Å². The summed E-state index contributed by atoms with van der Waals surface area (Å²) < 4.78 is 1.78. The molecule has 0 unspecified atom stereocenters. The van der Waals surface area contributed by atoms with Gasteiger partial charge in [0.25, 0.3) is 0 Å². The molecular formula is C12H15N5. The van der Waals surface area contributed by atoms with Crippen LogP contribution in [0.1, 0.15) is 19.5 Å². The number of nitrogens with one attached hydrogen (secondary N) is 1. The molecular weight excluding hydrogens is 214 g/mol. The highest BCUT2D eigenvalue weighted by Crippen LogP contribution is 2.18. The fourth-order valence-corrected chi connectivity index (χ4v) is 1.52. The second kappa shape index (κ2) is 4.06. The van der Waals surface area contributed by atoms with E-state index in [1.54, 1.807) is 10.7 Å². The molecule has 1 N–H and O–H groups in total. The van der Waals surface area contributed by atoms with Gasteiger partial charge in [0, 0.05) is 18.9 Å². The summed E-state index contributed by atoms with van der Waals surface area (Å²) in [4.78, 5) is 4.28. The Morgan fingerprint density at radius 1 is 1.53 bits per heavy atom. The Morgan fingerprint density at radius 2 is 2.29 bits per heavy atom. The summed E-state index contributed by atoms with van der Waals surface area (Å²) in [5.74, 6) is 0.761. The van der Waals surface area contributed by atoms with Gasteiger partial charge >= 0.3 is 0 Å². The summed E-state index contributed by atoms with van der Waals surface area (Å²) in [6.07, 6.45) is 3.50. The molecule has 2 rings (SSSR count). The van der Waals surface area contributed by atoms with E-state index in [1.165, 1.54) is 0 Å². The van der Waals surface area contributed by atoms with Crippen molar-refractivity contribution in [2.75, 3.05) is 11.9 Å². The number of nitriles is 1. The van der Waals surface area contributed by atoms with E-state index in [1.807, 2.05) is 33.0 Å². The van der Waals surface area contributed by atoms with Crippen LogP contribution in [-0.2, 0) is 0 Å². The third kappa shape index (κ3) is 2.36. The van der Waals surface area contributed by atoms with Crippen LogP contribution in [0, 0.1) is 23.7 Å². The summed E-state index contributed by atoms with van der Waals surface area (Å²) in [5.41, 5.74) is 1.46. The molecule has 5 heteroatoms. The molecule has 88 valence electrons. The quantitative estimate of drug-likeness (QED) is 0.874. The summed E-state index contributed by atoms with van der Waals surface area (Å²) in [6, 6.07) is 4.22. The van der Waals surface area contributed by atoms with E-state index in [2.05, 4.69) is 21.5 Å². The van der Waals surface area contributed by atoms with E-state index >= 15 is 0 Å². The van der Waals surface area contributed by atoms with Crippen LogP contribution in [-0.4, -0.2) is 21.1 Å². The standard InChI is InChI=1S/C12H15N5/c1-9-6-10-11(14-4-5-17(10)16-9)15-8-12(2,3)7-13/h4-6H,8H2,1-3H3,(H,14,15). The summed E-state index contributed by atoms with van der Waals surface area (Å²) in [7, 11) is 0. The molecule has 0 aliphatic rings. The molecule has 0 atom stereocenters. The predicted octanol–water partition coefficient (Wildman–Crippen LogP) is 2.00. The lowest BCUT2D eigenvalue weighted by atomic mass is 9.96. The van der Waals surface area contributed by atoms with Gasteiger partial charge in [-0.2, -0.15) is 10.4 Å². The Balaban J connectivity index is 2.28. The van der Waals surface area contributed by atoms with Crippen molar-refractivity contribution in [1.29, 1.82) is 5.26 Å². The fourth-order valence-electron chi connectivity index (χ4n) is 1.52. The molecule has 0 saturated carbocycles. The molecule has 0 amide bonds. The highest BCUT2D eigenvalue weighted by Gasteiger charge is 2.17. The molecule has 17 heavy (non-hydrogen) atoms. The average molecular weight is 229 g/mol. The molecule has 0 bridgehead atoms. The largest absolute Gasteiger partial charge is 0.367 e. The number of anilines is 1. The molecule has 0 aliphatic heterocycles. The zero-order valence-corrected chi connectivity index (χ0v) is 10.2. The Hall–Kier alpha value is -2.09. The maximum atomic E-state index is 8.96. The highest BCUT2D eigenvalue weighted by molar-refractivity contribution is 5.67. The minimum Gasteiger partial charge on any atom is -0.367 e. The van der Waals surface area contributed by atoms with Gasteiger partial charge in [0.15, 0.2) is 5.82 Å². The molecule has 0 fully saturated rings. The maximum Gasteiger partial charge on any atom is 0.152 e. The zero-order valence-electron chi connectivity index (χ0n) is 10.2. The first-order chi connectivity index (χ1) is 8.02. The Labute approximate surface area is 100 Å². The number of aromatic nitrogens is 3. The SMILES string of the molecule is Cc1cc2c(NCC(C)(C)C#N)nccn2n1. The smallest absolute Gasteiger partial charge is 0.152 e. The van der Waals surface area contributed by atoms with Gasteiger partial charge in [-0.05, 0) is 26.8 Å². The number of hydrogen-bond donors (Lipinski definition) is 1. The van der Waals surface area contributed by atoms with Gasteiger partial charge < -0.3 is 5.32 Å². The van der Waals surface area contributed by atoms with Crippen LogP contribution in [0.3, 0.4) is 0 Å². The number of rotatable bonds is 3. The van der Waals surface area contributed by atoms with Crippen molar-refractivity contribution in [1.82, 2.24) is 14.6 Å². The van der Waals surface area contributed by atoms with Crippen LogP contribution in [0.4, 0.5) is 5.82 Å². The second-order valence-electron chi connectivity index (χ2n) is 4.74. The Kier molecular flexibility index (Phi) is 2.72. The van der Waals surface area contributed by atoms with Crippen LogP contribution in [0.2, 0.25) is 0 Å². The van der Waals surface area contributed by atoms with Crippen LogP contribution >= 0.6 is 0 Å². The topological polar surface area (TPSA) is 66.0 Å². The van der Waals surface area contributed by atoms with Crippen molar-refractivity contribution < 1.29 is 0 Å². The van der Waals surface area contributed by atoms with Gasteiger partial charge in [0.1, 0.15) is 5.52 Å². The van der Waals surface area contributed by atoms with Crippen LogP contribution < -0.4 is 5.32 Å². The van der Waals surface area contributed by atoms with Gasteiger partial charge in [-0.25, -0.2) is 9.50 Å². The number of aryl methyl sites for hydroxylation is 1. The normalized spacial score (nSPS) is 11.4. The molecule has 5 nitrogen and oxygen atoms in total. The lowest BCUT2D eigenvalue weighted by molar-refractivity contribution is 0.528. The molecule has 0 spiro atoms. The van der Waals surface area contributed by atoms with Crippen molar-refractivity contribution >= 4 is 11.3 Å². The monoisotopic (exact) mass is 229 g/mol. The number of hydrogen-bond acceptors (Lipinski definition) is 4. The fraction of sp³-hybridized carbons (Fsp3) is 0.417. The third-order valence-electron chi connectivity index (χ3n) is 2.51. The highest BCUT2D eigenvalue weighted by atomic mass is 15.2. The second-order valence-corrected chi connectivity index (χ2v) is 4.74. The first-order valence-corrected chi connectivity index (χ1v) is 5.48. The van der Waals surface area contributed by atoms with E-state index < -0.39 is 5.41 Å². The minimum atomic E-state index is -0.413. The average Bonchev–Trinajstić information content (AvgIpc) is 2.67. The summed E-state index contributed by atoms with van der Waals surface area (Å²) in [6.45, 7) is 6.28. The van der Waals surface area contributed by atoms with E-state index in [4.69, 9.17) is 5.26 Å². The predicted molar refractivity (Wildman–Crippen MR) is 65.6 cm³/mol. The van der Waals surface area contributed by atoms with E-state index in [0.717, 1.165) is 17.0 Å². The third-order valence-corrected chi connectivity index (χ3v) is 2.51. The van der Waals surface area contributed by atoms with Crippen molar-refractivity contribution in [2.24, 2.45) is 5.41 Å². The van der Waals surface area contributed by atoms with Gasteiger partial charge in [-0.3, -0.25) is 0 Å². The molecule has 0 saturated heterocycles. The lowest BCUT2D eigenvalue weighted by Gasteiger charge is -2.16. The lowest BCUT2D eigenvalue weighted by Crippen LogP contribution is -2.21. The van der Waals surface area contributed by atoms with Crippen molar-refractivity contribution in [3.05, 3.63) is 24.2 Å². The molecule has 0 aromatic carbocycles. The number of fused-ring (bicyclic) bond motifs is 1. The molecule has 2 aromatic rings. The van der Waals surface area contributed by atoms with Crippen molar-refractivity contribution in [3.63, 3.8) is 0 Å². The maximum absolute atomic E-state index is 8.96. The molecule has 0 radical (unpaired) electrons. The van der Waals surface area contributed by atoms with E-state index in [0.29, 0.717) is 6.54 Å². The first-order valence-electron chi connectivity index (χ1n) is 5.48. The van der Waals surface area contributed by atoms with Crippen LogP contribution in [0.5, 0.6) is 0 Å². The van der Waals surface area contributed by atoms with Gasteiger partial charge in [0.2, 0.25) is 0 Å². The zero-order chi connectivity index (χ0) is 12.5. The van der Waals surface area contributed by atoms with Gasteiger partial charge in [0.05, 0.1) is 17.2 Å². The molecule has 2 heterocycles. The van der Waals surface area contributed by atoms with Crippen molar-refractivity contribution in [3.8, 4) is 6.07 Å². The summed E-state index contributed by atoms with van der Waals surface area (Å²) >= 11 is 0. The van der Waals surface area contributed by atoms with Gasteiger partial charge in [-0.15, -0.1) is 0 Å².